The van der Waals surface area contributed by atoms with Crippen LogP contribution in [-0.4, -0.2) is 48.3 Å². The SMILES string of the molecule is O=C(OCCNC(=O)C(F)(F)F)ON1C(=O)CCC1=O. The first-order chi connectivity index (χ1) is 9.21. The van der Waals surface area contributed by atoms with E-state index in [2.05, 4.69) is 9.57 Å². The lowest BCUT2D eigenvalue weighted by Crippen LogP contribution is -2.39. The monoisotopic (exact) mass is 298 g/mol. The van der Waals surface area contributed by atoms with Gasteiger partial charge in [-0.3, -0.25) is 19.2 Å². The molecule has 1 N–H and O–H groups in total. The Morgan fingerprint density at radius 3 is 2.25 bits per heavy atom. The first kappa shape index (κ1) is 15.7. The van der Waals surface area contributed by atoms with Gasteiger partial charge < -0.3 is 10.1 Å². The molecule has 0 aromatic heterocycles. The van der Waals surface area contributed by atoms with E-state index in [-0.39, 0.29) is 17.9 Å². The fourth-order valence-electron chi connectivity index (χ4n) is 1.16. The molecular formula is C9H9F3N2O6. The van der Waals surface area contributed by atoms with Crippen LogP contribution in [-0.2, 0) is 24.0 Å². The van der Waals surface area contributed by atoms with E-state index in [1.54, 1.807) is 0 Å². The number of hydrogen-bond acceptors (Lipinski definition) is 6. The Morgan fingerprint density at radius 2 is 1.75 bits per heavy atom. The topological polar surface area (TPSA) is 102 Å². The summed E-state index contributed by atoms with van der Waals surface area (Å²) in [6.07, 6.45) is -6.67. The number of halogens is 3. The highest BCUT2D eigenvalue weighted by Gasteiger charge is 2.38. The van der Waals surface area contributed by atoms with Gasteiger partial charge in [-0.15, -0.1) is 0 Å². The summed E-state index contributed by atoms with van der Waals surface area (Å²) in [5.74, 6) is -3.63. The number of amides is 3. The second-order valence-electron chi connectivity index (χ2n) is 3.53. The zero-order chi connectivity index (χ0) is 15.3. The fourth-order valence-corrected chi connectivity index (χ4v) is 1.16. The Kier molecular flexibility index (Phi) is 4.88. The third-order valence-electron chi connectivity index (χ3n) is 2.04. The van der Waals surface area contributed by atoms with Crippen LogP contribution in [0.25, 0.3) is 0 Å². The minimum absolute atomic E-state index is 0.103. The minimum atomic E-state index is -5.03. The molecule has 0 aromatic carbocycles. The van der Waals surface area contributed by atoms with Crippen molar-refractivity contribution in [3.8, 4) is 0 Å². The number of nitrogens with zero attached hydrogens (tertiary/aromatic N) is 1. The Hall–Kier alpha value is -2.33. The van der Waals surface area contributed by atoms with Crippen LogP contribution in [0.2, 0.25) is 0 Å². The van der Waals surface area contributed by atoms with E-state index in [9.17, 15) is 32.3 Å². The minimum Gasteiger partial charge on any atom is -0.431 e. The predicted octanol–water partition coefficient (Wildman–Crippen LogP) is -0.118. The van der Waals surface area contributed by atoms with E-state index < -0.39 is 43.2 Å². The number of carbonyl (C=O) groups is 4. The summed E-state index contributed by atoms with van der Waals surface area (Å²) in [6.45, 7) is -1.22. The van der Waals surface area contributed by atoms with Crippen molar-refractivity contribution in [1.82, 2.24) is 10.4 Å². The molecule has 1 heterocycles. The highest BCUT2D eigenvalue weighted by atomic mass is 19.4. The molecule has 1 fully saturated rings. The average molecular weight is 298 g/mol. The molecule has 1 aliphatic rings. The van der Waals surface area contributed by atoms with Crippen LogP contribution in [0.3, 0.4) is 0 Å². The van der Waals surface area contributed by atoms with Crippen molar-refractivity contribution in [2.45, 2.75) is 19.0 Å². The van der Waals surface area contributed by atoms with E-state index in [1.165, 1.54) is 5.32 Å². The zero-order valence-corrected chi connectivity index (χ0v) is 9.86. The van der Waals surface area contributed by atoms with Gasteiger partial charge in [0.05, 0.1) is 6.54 Å². The highest BCUT2D eigenvalue weighted by molar-refractivity contribution is 6.01. The van der Waals surface area contributed by atoms with Gasteiger partial charge in [0, 0.05) is 12.8 Å². The van der Waals surface area contributed by atoms with Crippen LogP contribution >= 0.6 is 0 Å². The van der Waals surface area contributed by atoms with Gasteiger partial charge in [-0.25, -0.2) is 4.79 Å². The van der Waals surface area contributed by atoms with E-state index in [0.29, 0.717) is 0 Å². The molecule has 0 aliphatic carbocycles. The number of ether oxygens (including phenoxy) is 1. The van der Waals surface area contributed by atoms with Crippen LogP contribution in [0.4, 0.5) is 18.0 Å². The summed E-state index contributed by atoms with van der Waals surface area (Å²) in [7, 11) is 0. The standard InChI is InChI=1S/C9H9F3N2O6/c10-9(11,12)7(17)13-3-4-19-8(18)20-14-5(15)1-2-6(14)16/h1-4H2,(H,13,17). The van der Waals surface area contributed by atoms with Gasteiger partial charge in [-0.2, -0.15) is 13.2 Å². The van der Waals surface area contributed by atoms with Crippen LogP contribution in [0.5, 0.6) is 0 Å². The molecule has 0 spiro atoms. The Labute approximate surface area is 109 Å². The van der Waals surface area contributed by atoms with Crippen LogP contribution in [0.15, 0.2) is 0 Å². The van der Waals surface area contributed by atoms with E-state index in [0.717, 1.165) is 0 Å². The molecule has 0 bridgehead atoms. The lowest BCUT2D eigenvalue weighted by molar-refractivity contribution is -0.177. The number of nitrogens with one attached hydrogen (secondary N) is 1. The summed E-state index contributed by atoms with van der Waals surface area (Å²) < 4.78 is 39.6. The van der Waals surface area contributed by atoms with E-state index in [4.69, 9.17) is 0 Å². The van der Waals surface area contributed by atoms with Crippen LogP contribution in [0, 0.1) is 0 Å². The summed E-state index contributed by atoms with van der Waals surface area (Å²) in [5.41, 5.74) is 0. The quantitative estimate of drug-likeness (QED) is 0.441. The van der Waals surface area contributed by atoms with E-state index in [1.807, 2.05) is 0 Å². The normalized spacial score (nSPS) is 15.2. The van der Waals surface area contributed by atoms with Gasteiger partial charge in [-0.1, -0.05) is 5.06 Å². The molecule has 11 heteroatoms. The highest BCUT2D eigenvalue weighted by Crippen LogP contribution is 2.14. The number of carbonyl (C=O) groups excluding carboxylic acids is 4. The molecule has 1 rings (SSSR count). The van der Waals surface area contributed by atoms with Crippen LogP contribution in [0.1, 0.15) is 12.8 Å². The Morgan fingerprint density at radius 1 is 1.20 bits per heavy atom. The maximum Gasteiger partial charge on any atom is 0.534 e. The van der Waals surface area contributed by atoms with Crippen molar-refractivity contribution in [2.24, 2.45) is 0 Å². The molecule has 3 amide bonds. The lowest BCUT2D eigenvalue weighted by atomic mass is 10.4. The number of imide groups is 1. The first-order valence-electron chi connectivity index (χ1n) is 5.27. The fraction of sp³-hybridized carbons (Fsp3) is 0.556. The van der Waals surface area contributed by atoms with Crippen molar-refractivity contribution in [2.75, 3.05) is 13.2 Å². The lowest BCUT2D eigenvalue weighted by Gasteiger charge is -2.12. The van der Waals surface area contributed by atoms with Crippen LogP contribution < -0.4 is 5.32 Å². The van der Waals surface area contributed by atoms with Crippen molar-refractivity contribution >= 4 is 23.9 Å². The number of alkyl halides is 3. The molecule has 0 saturated carbocycles. The van der Waals surface area contributed by atoms with Gasteiger partial charge in [0.2, 0.25) is 0 Å². The average Bonchev–Trinajstić information content (AvgIpc) is 2.65. The first-order valence-corrected chi connectivity index (χ1v) is 5.27. The third kappa shape index (κ3) is 4.40. The molecule has 0 aromatic rings. The largest absolute Gasteiger partial charge is 0.534 e. The van der Waals surface area contributed by atoms with Gasteiger partial charge in [0.1, 0.15) is 6.61 Å². The molecule has 112 valence electrons. The number of hydrogen-bond donors (Lipinski definition) is 1. The van der Waals surface area contributed by atoms with Gasteiger partial charge >= 0.3 is 18.2 Å². The second-order valence-corrected chi connectivity index (χ2v) is 3.53. The molecule has 20 heavy (non-hydrogen) atoms. The molecular weight excluding hydrogens is 289 g/mol. The maximum atomic E-state index is 11.8. The molecule has 1 aliphatic heterocycles. The summed E-state index contributed by atoms with van der Waals surface area (Å²) in [6, 6.07) is 0. The maximum absolute atomic E-state index is 11.8. The summed E-state index contributed by atoms with van der Waals surface area (Å²) in [4.78, 5) is 47.7. The number of hydroxylamine groups is 2. The Bertz CT molecular complexity index is 420. The second kappa shape index (κ2) is 6.21. The molecule has 0 radical (unpaired) electrons. The smallest absolute Gasteiger partial charge is 0.431 e. The van der Waals surface area contributed by atoms with Gasteiger partial charge in [0.25, 0.3) is 11.8 Å². The van der Waals surface area contributed by atoms with Crippen molar-refractivity contribution < 1.29 is 41.9 Å². The summed E-state index contributed by atoms with van der Waals surface area (Å²) >= 11 is 0. The summed E-state index contributed by atoms with van der Waals surface area (Å²) in [5, 5.41) is 1.66. The molecule has 8 nitrogen and oxygen atoms in total. The Balaban J connectivity index is 2.23. The zero-order valence-electron chi connectivity index (χ0n) is 9.86. The van der Waals surface area contributed by atoms with Gasteiger partial charge in [-0.05, 0) is 0 Å². The van der Waals surface area contributed by atoms with Crippen molar-refractivity contribution in [3.05, 3.63) is 0 Å². The van der Waals surface area contributed by atoms with Crippen molar-refractivity contribution in [3.63, 3.8) is 0 Å². The third-order valence-corrected chi connectivity index (χ3v) is 2.04. The number of rotatable bonds is 4. The molecule has 1 saturated heterocycles. The van der Waals surface area contributed by atoms with E-state index >= 15 is 0 Å². The van der Waals surface area contributed by atoms with Crippen molar-refractivity contribution in [1.29, 1.82) is 0 Å². The molecule has 0 unspecified atom stereocenters. The van der Waals surface area contributed by atoms with Gasteiger partial charge in [0.15, 0.2) is 0 Å². The molecule has 0 atom stereocenters. The predicted molar refractivity (Wildman–Crippen MR) is 52.6 cm³/mol.